The van der Waals surface area contributed by atoms with E-state index >= 15 is 0 Å². The zero-order chi connectivity index (χ0) is 28.3. The molecule has 40 heavy (non-hydrogen) atoms. The molecule has 0 saturated heterocycles. The summed E-state index contributed by atoms with van der Waals surface area (Å²) in [5.74, 6) is 1.75. The fourth-order valence-corrected chi connectivity index (χ4v) is 5.27. The van der Waals surface area contributed by atoms with Crippen LogP contribution in [-0.2, 0) is 25.3 Å². The summed E-state index contributed by atoms with van der Waals surface area (Å²) < 4.78 is 7.52. The van der Waals surface area contributed by atoms with Crippen molar-refractivity contribution in [2.45, 2.75) is 50.2 Å². The van der Waals surface area contributed by atoms with Gasteiger partial charge in [0, 0.05) is 31.0 Å². The highest BCUT2D eigenvalue weighted by Crippen LogP contribution is 2.26. The quantitative estimate of drug-likeness (QED) is 0.127. The molecule has 0 fully saturated rings. The minimum atomic E-state index is -0.918. The minimum Gasteiger partial charge on any atom is -0.497 e. The van der Waals surface area contributed by atoms with Gasteiger partial charge >= 0.3 is 5.97 Å². The number of aromatic carboxylic acids is 1. The number of rotatable bonds is 15. The largest absolute Gasteiger partial charge is 0.497 e. The Bertz CT molecular complexity index is 1380. The standard InChI is InChI=1S/C32H36N4O3S/c1-4-6-7-30-33-34-32(40-23-26-12-18-29(39-3)19-13-26)36(30)22-25-10-16-28(17-11-25)35(20-5-2)21-24-8-14-27(15-9-24)31(37)38/h5,8-19H,2,4,6-7,20-23H2,1,3H3,(H,37,38). The molecule has 0 amide bonds. The Morgan fingerprint density at radius 1 is 1.00 bits per heavy atom. The lowest BCUT2D eigenvalue weighted by Crippen LogP contribution is -2.22. The number of carboxylic acid groups (broad SMARTS) is 1. The van der Waals surface area contributed by atoms with Crippen LogP contribution in [0.4, 0.5) is 5.69 Å². The van der Waals surface area contributed by atoms with E-state index in [1.807, 2.05) is 30.3 Å². The number of hydrogen-bond donors (Lipinski definition) is 1. The van der Waals surface area contributed by atoms with Crippen molar-refractivity contribution < 1.29 is 14.6 Å². The van der Waals surface area contributed by atoms with Gasteiger partial charge in [0.05, 0.1) is 19.2 Å². The molecule has 0 saturated carbocycles. The first-order valence-corrected chi connectivity index (χ1v) is 14.4. The van der Waals surface area contributed by atoms with Crippen molar-refractivity contribution in [2.75, 3.05) is 18.6 Å². The van der Waals surface area contributed by atoms with Crippen LogP contribution in [-0.4, -0.2) is 39.5 Å². The lowest BCUT2D eigenvalue weighted by molar-refractivity contribution is 0.0697. The molecule has 0 atom stereocenters. The van der Waals surface area contributed by atoms with Crippen molar-refractivity contribution in [3.05, 3.63) is 114 Å². The number of methoxy groups -OCH3 is 1. The molecule has 1 aromatic heterocycles. The Morgan fingerprint density at radius 3 is 2.30 bits per heavy atom. The van der Waals surface area contributed by atoms with Gasteiger partial charge in [-0.25, -0.2) is 4.79 Å². The summed E-state index contributed by atoms with van der Waals surface area (Å²) in [4.78, 5) is 13.4. The highest BCUT2D eigenvalue weighted by molar-refractivity contribution is 7.98. The summed E-state index contributed by atoms with van der Waals surface area (Å²) in [5, 5.41) is 19.2. The Hall–Kier alpha value is -4.04. The second-order valence-electron chi connectivity index (χ2n) is 9.56. The lowest BCUT2D eigenvalue weighted by Gasteiger charge is -2.24. The molecular weight excluding hydrogens is 520 g/mol. The zero-order valence-corrected chi connectivity index (χ0v) is 23.9. The number of hydrogen-bond acceptors (Lipinski definition) is 6. The topological polar surface area (TPSA) is 80.5 Å². The van der Waals surface area contributed by atoms with E-state index in [-0.39, 0.29) is 5.56 Å². The zero-order valence-electron chi connectivity index (χ0n) is 23.1. The molecule has 0 bridgehead atoms. The Labute approximate surface area is 240 Å². The van der Waals surface area contributed by atoms with Gasteiger partial charge in [0.1, 0.15) is 11.6 Å². The number of nitrogens with zero attached hydrogens (tertiary/aromatic N) is 4. The number of thioether (sulfide) groups is 1. The van der Waals surface area contributed by atoms with Crippen molar-refractivity contribution in [3.8, 4) is 5.75 Å². The second-order valence-corrected chi connectivity index (χ2v) is 10.5. The molecule has 0 aliphatic carbocycles. The van der Waals surface area contributed by atoms with Crippen LogP contribution >= 0.6 is 11.8 Å². The normalized spacial score (nSPS) is 10.8. The number of carbonyl (C=O) groups is 1. The number of carboxylic acids is 1. The third kappa shape index (κ3) is 7.76. The van der Waals surface area contributed by atoms with E-state index in [0.717, 1.165) is 53.0 Å². The first-order valence-electron chi connectivity index (χ1n) is 13.5. The summed E-state index contributed by atoms with van der Waals surface area (Å²) in [6, 6.07) is 23.7. The van der Waals surface area contributed by atoms with Crippen LogP contribution in [0.3, 0.4) is 0 Å². The van der Waals surface area contributed by atoms with Crippen molar-refractivity contribution in [1.29, 1.82) is 0 Å². The van der Waals surface area contributed by atoms with Crippen LogP contribution in [0.15, 0.2) is 90.6 Å². The molecule has 208 valence electrons. The van der Waals surface area contributed by atoms with Gasteiger partial charge in [0.2, 0.25) is 0 Å². The minimum absolute atomic E-state index is 0.289. The monoisotopic (exact) mass is 556 g/mol. The summed E-state index contributed by atoms with van der Waals surface area (Å²) >= 11 is 1.70. The van der Waals surface area contributed by atoms with Crippen LogP contribution in [0.1, 0.15) is 52.6 Å². The number of anilines is 1. The smallest absolute Gasteiger partial charge is 0.335 e. The summed E-state index contributed by atoms with van der Waals surface area (Å²) in [6.45, 7) is 8.15. The number of benzene rings is 3. The first kappa shape index (κ1) is 29.0. The Balaban J connectivity index is 1.48. The highest BCUT2D eigenvalue weighted by atomic mass is 32.2. The molecule has 4 rings (SSSR count). The van der Waals surface area contributed by atoms with E-state index in [2.05, 4.69) is 69.6 Å². The second kappa shape index (κ2) is 14.4. The van der Waals surface area contributed by atoms with E-state index in [4.69, 9.17) is 4.74 Å². The van der Waals surface area contributed by atoms with Crippen LogP contribution in [0.2, 0.25) is 0 Å². The molecule has 3 aromatic carbocycles. The number of unbranched alkanes of at least 4 members (excludes halogenated alkanes) is 1. The Kier molecular flexibility index (Phi) is 10.4. The number of aryl methyl sites for hydroxylation is 1. The summed E-state index contributed by atoms with van der Waals surface area (Å²) in [7, 11) is 1.68. The summed E-state index contributed by atoms with van der Waals surface area (Å²) in [6.07, 6.45) is 4.96. The average Bonchev–Trinajstić information content (AvgIpc) is 3.36. The fourth-order valence-electron chi connectivity index (χ4n) is 4.36. The molecule has 0 radical (unpaired) electrons. The van der Waals surface area contributed by atoms with Gasteiger partial charge in [0.15, 0.2) is 5.16 Å². The molecule has 0 spiro atoms. The predicted octanol–water partition coefficient (Wildman–Crippen LogP) is 6.86. The van der Waals surface area contributed by atoms with E-state index in [9.17, 15) is 9.90 Å². The molecule has 0 unspecified atom stereocenters. The molecule has 8 heteroatoms. The van der Waals surface area contributed by atoms with E-state index in [1.165, 1.54) is 11.1 Å². The van der Waals surface area contributed by atoms with Crippen LogP contribution in [0, 0.1) is 0 Å². The van der Waals surface area contributed by atoms with Crippen molar-refractivity contribution in [1.82, 2.24) is 14.8 Å². The van der Waals surface area contributed by atoms with Gasteiger partial charge in [0.25, 0.3) is 0 Å². The van der Waals surface area contributed by atoms with Gasteiger partial charge < -0.3 is 19.3 Å². The molecule has 0 aliphatic heterocycles. The highest BCUT2D eigenvalue weighted by Gasteiger charge is 2.14. The third-order valence-corrected chi connectivity index (χ3v) is 7.68. The molecular formula is C32H36N4O3S. The van der Waals surface area contributed by atoms with Gasteiger partial charge in [-0.2, -0.15) is 0 Å². The number of aromatic nitrogens is 3. The van der Waals surface area contributed by atoms with Gasteiger partial charge in [-0.05, 0) is 59.5 Å². The third-order valence-electron chi connectivity index (χ3n) is 6.64. The van der Waals surface area contributed by atoms with E-state index in [0.29, 0.717) is 19.6 Å². The van der Waals surface area contributed by atoms with Crippen molar-refractivity contribution in [2.24, 2.45) is 0 Å². The van der Waals surface area contributed by atoms with Crippen LogP contribution in [0.5, 0.6) is 5.75 Å². The van der Waals surface area contributed by atoms with Crippen molar-refractivity contribution >= 4 is 23.4 Å². The van der Waals surface area contributed by atoms with Gasteiger partial charge in [-0.15, -0.1) is 16.8 Å². The fraction of sp³-hybridized carbons (Fsp3) is 0.281. The molecule has 1 heterocycles. The first-order chi connectivity index (χ1) is 19.5. The molecule has 7 nitrogen and oxygen atoms in total. The number of ether oxygens (including phenoxy) is 1. The van der Waals surface area contributed by atoms with Crippen LogP contribution in [0.25, 0.3) is 0 Å². The molecule has 4 aromatic rings. The van der Waals surface area contributed by atoms with Gasteiger partial charge in [-0.3, -0.25) is 0 Å². The van der Waals surface area contributed by atoms with Crippen molar-refractivity contribution in [3.63, 3.8) is 0 Å². The maximum atomic E-state index is 11.2. The maximum Gasteiger partial charge on any atom is 0.335 e. The average molecular weight is 557 g/mol. The van der Waals surface area contributed by atoms with E-state index in [1.54, 1.807) is 31.0 Å². The summed E-state index contributed by atoms with van der Waals surface area (Å²) in [5.41, 5.74) is 4.79. The molecule has 1 N–H and O–H groups in total. The molecule has 0 aliphatic rings. The maximum absolute atomic E-state index is 11.2. The predicted molar refractivity (Wildman–Crippen MR) is 161 cm³/mol. The Morgan fingerprint density at radius 2 is 1.68 bits per heavy atom. The van der Waals surface area contributed by atoms with Gasteiger partial charge in [-0.1, -0.05) is 67.6 Å². The van der Waals surface area contributed by atoms with Crippen LogP contribution < -0.4 is 9.64 Å². The SMILES string of the molecule is C=CCN(Cc1ccc(C(=O)O)cc1)c1ccc(Cn2c(CCCC)nnc2SCc2ccc(OC)cc2)cc1. The lowest BCUT2D eigenvalue weighted by atomic mass is 10.1. The van der Waals surface area contributed by atoms with E-state index < -0.39 is 5.97 Å².